The molecule has 0 aliphatic carbocycles. The Morgan fingerprint density at radius 1 is 1.55 bits per heavy atom. The molecule has 0 radical (unpaired) electrons. The van der Waals surface area contributed by atoms with Gasteiger partial charge in [-0.15, -0.1) is 0 Å². The minimum atomic E-state index is -0.747. The predicted octanol–water partition coefficient (Wildman–Crippen LogP) is 1.67. The van der Waals surface area contributed by atoms with Gasteiger partial charge in [0, 0.05) is 13.5 Å². The molecule has 3 heteroatoms. The molecule has 0 amide bonds. The van der Waals surface area contributed by atoms with Gasteiger partial charge in [0.05, 0.1) is 6.10 Å². The molecule has 0 fully saturated rings. The first-order valence-electron chi connectivity index (χ1n) is 3.95. The Labute approximate surface area is 67.4 Å². The second kappa shape index (κ2) is 6.16. The highest BCUT2D eigenvalue weighted by Crippen LogP contribution is 2.07. The van der Waals surface area contributed by atoms with Crippen molar-refractivity contribution in [2.24, 2.45) is 0 Å². The third-order valence-electron chi connectivity index (χ3n) is 1.62. The monoisotopic (exact) mass is 160 g/mol. The lowest BCUT2D eigenvalue weighted by atomic mass is 10.1. The van der Waals surface area contributed by atoms with Crippen molar-refractivity contribution in [1.29, 1.82) is 0 Å². The summed E-state index contributed by atoms with van der Waals surface area (Å²) in [4.78, 5) is 10.2. The van der Waals surface area contributed by atoms with Crippen LogP contribution in [0.2, 0.25) is 0 Å². The maximum absolute atomic E-state index is 10.2. The molecule has 0 saturated carbocycles. The van der Waals surface area contributed by atoms with E-state index in [2.05, 4.69) is 6.92 Å². The van der Waals surface area contributed by atoms with Gasteiger partial charge in [0.1, 0.15) is 0 Å². The largest absolute Gasteiger partial charge is 0.481 e. The van der Waals surface area contributed by atoms with Crippen LogP contribution in [0, 0.1) is 0 Å². The SMILES string of the molecule is CCC[C@H](CCC(=O)O)OC. The zero-order chi connectivity index (χ0) is 8.69. The summed E-state index contributed by atoms with van der Waals surface area (Å²) in [5.41, 5.74) is 0. The molecule has 1 atom stereocenters. The van der Waals surface area contributed by atoms with Crippen molar-refractivity contribution < 1.29 is 14.6 Å². The topological polar surface area (TPSA) is 46.5 Å². The molecule has 0 aromatic carbocycles. The first-order chi connectivity index (χ1) is 5.20. The number of carboxylic acid groups (broad SMARTS) is 1. The molecule has 11 heavy (non-hydrogen) atoms. The van der Waals surface area contributed by atoms with E-state index in [1.165, 1.54) is 0 Å². The van der Waals surface area contributed by atoms with E-state index < -0.39 is 5.97 Å². The average Bonchev–Trinajstić information content (AvgIpc) is 1.97. The van der Waals surface area contributed by atoms with Crippen LogP contribution in [0.4, 0.5) is 0 Å². The van der Waals surface area contributed by atoms with Crippen molar-refractivity contribution in [2.45, 2.75) is 38.7 Å². The molecular weight excluding hydrogens is 144 g/mol. The number of rotatable bonds is 6. The second-order valence-electron chi connectivity index (χ2n) is 2.58. The Kier molecular flexibility index (Phi) is 5.84. The van der Waals surface area contributed by atoms with E-state index in [1.807, 2.05) is 0 Å². The van der Waals surface area contributed by atoms with Crippen LogP contribution >= 0.6 is 0 Å². The fourth-order valence-corrected chi connectivity index (χ4v) is 0.986. The highest BCUT2D eigenvalue weighted by molar-refractivity contribution is 5.66. The lowest BCUT2D eigenvalue weighted by Crippen LogP contribution is -2.12. The molecule has 0 rings (SSSR count). The molecule has 0 aliphatic heterocycles. The Bertz CT molecular complexity index is 112. The lowest BCUT2D eigenvalue weighted by Gasteiger charge is -2.11. The zero-order valence-corrected chi connectivity index (χ0v) is 7.17. The van der Waals surface area contributed by atoms with Gasteiger partial charge in [0.15, 0.2) is 0 Å². The van der Waals surface area contributed by atoms with Crippen LogP contribution in [-0.4, -0.2) is 24.3 Å². The first kappa shape index (κ1) is 10.4. The molecule has 1 N–H and O–H groups in total. The van der Waals surface area contributed by atoms with Gasteiger partial charge in [0.25, 0.3) is 0 Å². The van der Waals surface area contributed by atoms with Gasteiger partial charge >= 0.3 is 5.97 Å². The van der Waals surface area contributed by atoms with E-state index >= 15 is 0 Å². The van der Waals surface area contributed by atoms with Gasteiger partial charge in [-0.25, -0.2) is 0 Å². The first-order valence-corrected chi connectivity index (χ1v) is 3.95. The average molecular weight is 160 g/mol. The van der Waals surface area contributed by atoms with Crippen LogP contribution in [0.15, 0.2) is 0 Å². The van der Waals surface area contributed by atoms with E-state index in [9.17, 15) is 4.79 Å². The summed E-state index contributed by atoms with van der Waals surface area (Å²) in [6, 6.07) is 0. The van der Waals surface area contributed by atoms with Crippen LogP contribution in [0.25, 0.3) is 0 Å². The van der Waals surface area contributed by atoms with Crippen LogP contribution in [0.3, 0.4) is 0 Å². The van der Waals surface area contributed by atoms with E-state index in [1.54, 1.807) is 7.11 Å². The van der Waals surface area contributed by atoms with E-state index in [0.29, 0.717) is 6.42 Å². The van der Waals surface area contributed by atoms with Crippen molar-refractivity contribution >= 4 is 5.97 Å². The van der Waals surface area contributed by atoms with Crippen LogP contribution < -0.4 is 0 Å². The summed E-state index contributed by atoms with van der Waals surface area (Å²) in [5.74, 6) is -0.747. The number of aliphatic carboxylic acids is 1. The summed E-state index contributed by atoms with van der Waals surface area (Å²) < 4.78 is 5.08. The maximum atomic E-state index is 10.2. The van der Waals surface area contributed by atoms with Crippen LogP contribution in [-0.2, 0) is 9.53 Å². The summed E-state index contributed by atoms with van der Waals surface area (Å²) in [6.45, 7) is 2.06. The number of hydrogen-bond acceptors (Lipinski definition) is 2. The smallest absolute Gasteiger partial charge is 0.303 e. The second-order valence-corrected chi connectivity index (χ2v) is 2.58. The Balaban J connectivity index is 3.43. The Hall–Kier alpha value is -0.570. The summed E-state index contributed by atoms with van der Waals surface area (Å²) in [6.07, 6.45) is 2.94. The van der Waals surface area contributed by atoms with Gasteiger partial charge < -0.3 is 9.84 Å². The van der Waals surface area contributed by atoms with Gasteiger partial charge in [-0.2, -0.15) is 0 Å². The van der Waals surface area contributed by atoms with Crippen LogP contribution in [0.1, 0.15) is 32.6 Å². The zero-order valence-electron chi connectivity index (χ0n) is 7.17. The van der Waals surface area contributed by atoms with Gasteiger partial charge in [0.2, 0.25) is 0 Å². The van der Waals surface area contributed by atoms with E-state index in [-0.39, 0.29) is 12.5 Å². The van der Waals surface area contributed by atoms with E-state index in [0.717, 1.165) is 12.8 Å². The fraction of sp³-hybridized carbons (Fsp3) is 0.875. The molecule has 0 spiro atoms. The number of carbonyl (C=O) groups is 1. The number of hydrogen-bond donors (Lipinski definition) is 1. The lowest BCUT2D eigenvalue weighted by molar-refractivity contribution is -0.137. The molecule has 0 saturated heterocycles. The van der Waals surface area contributed by atoms with Gasteiger partial charge in [-0.05, 0) is 12.8 Å². The fourth-order valence-electron chi connectivity index (χ4n) is 0.986. The molecule has 0 aromatic heterocycles. The van der Waals surface area contributed by atoms with Crippen molar-refractivity contribution in [3.63, 3.8) is 0 Å². The Morgan fingerprint density at radius 3 is 2.55 bits per heavy atom. The summed E-state index contributed by atoms with van der Waals surface area (Å²) >= 11 is 0. The highest BCUT2D eigenvalue weighted by Gasteiger charge is 2.07. The number of carboxylic acids is 1. The number of methoxy groups -OCH3 is 1. The third kappa shape index (κ3) is 5.85. The maximum Gasteiger partial charge on any atom is 0.303 e. The quantitative estimate of drug-likeness (QED) is 0.642. The van der Waals surface area contributed by atoms with Crippen LogP contribution in [0.5, 0.6) is 0 Å². The minimum absolute atomic E-state index is 0.121. The molecule has 0 aromatic rings. The third-order valence-corrected chi connectivity index (χ3v) is 1.62. The molecule has 0 bridgehead atoms. The summed E-state index contributed by atoms with van der Waals surface area (Å²) in [5, 5.41) is 8.37. The molecular formula is C8H16O3. The number of ether oxygens (including phenoxy) is 1. The van der Waals surface area contributed by atoms with Gasteiger partial charge in [-0.3, -0.25) is 4.79 Å². The van der Waals surface area contributed by atoms with Crippen molar-refractivity contribution in [3.8, 4) is 0 Å². The highest BCUT2D eigenvalue weighted by atomic mass is 16.5. The molecule has 0 aliphatic rings. The predicted molar refractivity (Wildman–Crippen MR) is 42.6 cm³/mol. The standard InChI is InChI=1S/C8H16O3/c1-3-4-7(11-2)5-6-8(9)10/h7H,3-6H2,1-2H3,(H,9,10)/t7-/m1/s1. The van der Waals surface area contributed by atoms with Crippen molar-refractivity contribution in [2.75, 3.05) is 7.11 Å². The Morgan fingerprint density at radius 2 is 2.18 bits per heavy atom. The van der Waals surface area contributed by atoms with Crippen molar-refractivity contribution in [3.05, 3.63) is 0 Å². The molecule has 0 heterocycles. The van der Waals surface area contributed by atoms with Gasteiger partial charge in [-0.1, -0.05) is 13.3 Å². The molecule has 66 valence electrons. The molecule has 0 unspecified atom stereocenters. The minimum Gasteiger partial charge on any atom is -0.481 e. The summed E-state index contributed by atoms with van der Waals surface area (Å²) in [7, 11) is 1.63. The van der Waals surface area contributed by atoms with E-state index in [4.69, 9.17) is 9.84 Å². The normalized spacial score (nSPS) is 12.9. The van der Waals surface area contributed by atoms with Crippen molar-refractivity contribution in [1.82, 2.24) is 0 Å². The molecule has 3 nitrogen and oxygen atoms in total.